The number of nitrogens with zero attached hydrogens (tertiary/aromatic N) is 1. The van der Waals surface area contributed by atoms with Crippen molar-refractivity contribution >= 4 is 50.4 Å². The molecule has 33 heavy (non-hydrogen) atoms. The first kappa shape index (κ1) is 23.3. The van der Waals surface area contributed by atoms with Crippen molar-refractivity contribution in [3.8, 4) is 0 Å². The molecule has 0 saturated carbocycles. The number of benzene rings is 2. The second-order valence-corrected chi connectivity index (χ2v) is 9.45. The Balaban J connectivity index is 1.91. The Kier molecular flexibility index (Phi) is 5.96. The van der Waals surface area contributed by atoms with E-state index >= 15 is 0 Å². The molecular formula is C24H17BrF3NO3S. The smallest absolute Gasteiger partial charge is 0.416 e. The quantitative estimate of drug-likeness (QED) is 0.228. The predicted molar refractivity (Wildman–Crippen MR) is 124 cm³/mol. The summed E-state index contributed by atoms with van der Waals surface area (Å²) in [6.07, 6.45) is -4.53. The fourth-order valence-electron chi connectivity index (χ4n) is 3.77. The lowest BCUT2D eigenvalue weighted by molar-refractivity contribution is -0.137. The molecule has 1 fully saturated rings. The molecule has 1 aliphatic heterocycles. The van der Waals surface area contributed by atoms with Gasteiger partial charge in [-0.3, -0.25) is 14.5 Å². The number of Topliss-reactive ketones (excluding diaryl/α,β-unsaturated/α-hetero) is 1. The lowest BCUT2D eigenvalue weighted by Gasteiger charge is -2.25. The number of aryl methyl sites for hydroxylation is 2. The second kappa shape index (κ2) is 8.46. The summed E-state index contributed by atoms with van der Waals surface area (Å²) >= 11 is 4.69. The number of aliphatic hydroxyl groups excluding tert-OH is 1. The third-order valence-corrected chi connectivity index (χ3v) is 7.46. The van der Waals surface area contributed by atoms with Crippen molar-refractivity contribution in [1.82, 2.24) is 0 Å². The van der Waals surface area contributed by atoms with Gasteiger partial charge in [0.1, 0.15) is 11.8 Å². The van der Waals surface area contributed by atoms with Crippen molar-refractivity contribution in [2.75, 3.05) is 4.90 Å². The number of amides is 1. The molecule has 3 aromatic rings. The van der Waals surface area contributed by atoms with Gasteiger partial charge in [0.25, 0.3) is 11.7 Å². The number of ketones is 1. The third kappa shape index (κ3) is 4.11. The predicted octanol–water partition coefficient (Wildman–Crippen LogP) is 6.77. The van der Waals surface area contributed by atoms with Gasteiger partial charge in [-0.15, -0.1) is 11.3 Å². The minimum Gasteiger partial charge on any atom is -0.507 e. The number of thiophene rings is 1. The van der Waals surface area contributed by atoms with Crippen LogP contribution in [0.4, 0.5) is 18.9 Å². The molecule has 1 unspecified atom stereocenters. The number of alkyl halides is 3. The molecule has 0 bridgehead atoms. The Bertz CT molecular complexity index is 1300. The Morgan fingerprint density at radius 3 is 2.24 bits per heavy atom. The number of hydrogen-bond acceptors (Lipinski definition) is 4. The van der Waals surface area contributed by atoms with Gasteiger partial charge in [-0.1, -0.05) is 22.0 Å². The van der Waals surface area contributed by atoms with Crippen LogP contribution in [0.1, 0.15) is 33.2 Å². The number of carbonyl (C=O) groups excluding carboxylic acids is 2. The number of anilines is 1. The molecule has 0 aliphatic carbocycles. The maximum Gasteiger partial charge on any atom is 0.416 e. The normalized spacial score (nSPS) is 18.2. The summed E-state index contributed by atoms with van der Waals surface area (Å²) in [5, 5.41) is 12.9. The summed E-state index contributed by atoms with van der Waals surface area (Å²) in [5.74, 6) is -2.15. The van der Waals surface area contributed by atoms with Crippen LogP contribution in [0.5, 0.6) is 0 Å². The van der Waals surface area contributed by atoms with E-state index in [1.807, 2.05) is 19.9 Å². The minimum atomic E-state index is -4.53. The SMILES string of the molecule is Cc1cc(/C(O)=C2/C(=O)C(=O)N(c3ccc(C(F)(F)F)cc3)C2c2sccc2C)ccc1Br. The van der Waals surface area contributed by atoms with E-state index in [-0.39, 0.29) is 17.0 Å². The van der Waals surface area contributed by atoms with Crippen molar-refractivity contribution in [1.29, 1.82) is 0 Å². The van der Waals surface area contributed by atoms with Crippen LogP contribution in [0, 0.1) is 13.8 Å². The summed E-state index contributed by atoms with van der Waals surface area (Å²) in [4.78, 5) is 28.0. The zero-order chi connectivity index (χ0) is 24.1. The van der Waals surface area contributed by atoms with Crippen molar-refractivity contribution in [3.05, 3.63) is 91.1 Å². The maximum atomic E-state index is 13.1. The minimum absolute atomic E-state index is 0.104. The zero-order valence-corrected chi connectivity index (χ0v) is 19.8. The second-order valence-electron chi connectivity index (χ2n) is 7.65. The van der Waals surface area contributed by atoms with Gasteiger partial charge < -0.3 is 5.11 Å². The van der Waals surface area contributed by atoms with Gasteiger partial charge in [0.15, 0.2) is 0 Å². The molecule has 170 valence electrons. The van der Waals surface area contributed by atoms with Gasteiger partial charge >= 0.3 is 6.18 Å². The molecule has 9 heteroatoms. The van der Waals surface area contributed by atoms with Crippen LogP contribution >= 0.6 is 27.3 Å². The first-order valence-electron chi connectivity index (χ1n) is 9.79. The van der Waals surface area contributed by atoms with Crippen molar-refractivity contribution in [3.63, 3.8) is 0 Å². The summed E-state index contributed by atoms with van der Waals surface area (Å²) < 4.78 is 39.9. The molecule has 1 aromatic heterocycles. The van der Waals surface area contributed by atoms with Gasteiger partial charge in [-0.2, -0.15) is 13.2 Å². The topological polar surface area (TPSA) is 57.6 Å². The summed E-state index contributed by atoms with van der Waals surface area (Å²) in [7, 11) is 0. The van der Waals surface area contributed by atoms with E-state index in [2.05, 4.69) is 15.9 Å². The van der Waals surface area contributed by atoms with Crippen LogP contribution in [0.2, 0.25) is 0 Å². The van der Waals surface area contributed by atoms with Crippen molar-refractivity contribution in [2.45, 2.75) is 26.1 Å². The molecule has 4 rings (SSSR count). The van der Waals surface area contributed by atoms with Crippen molar-refractivity contribution in [2.24, 2.45) is 0 Å². The highest BCUT2D eigenvalue weighted by molar-refractivity contribution is 9.10. The molecule has 2 heterocycles. The molecule has 0 spiro atoms. The fourth-order valence-corrected chi connectivity index (χ4v) is 5.04. The Hall–Kier alpha value is -2.91. The van der Waals surface area contributed by atoms with E-state index in [1.54, 1.807) is 23.6 Å². The highest BCUT2D eigenvalue weighted by atomic mass is 79.9. The Labute approximate surface area is 200 Å². The van der Waals surface area contributed by atoms with Crippen LogP contribution in [-0.2, 0) is 15.8 Å². The van der Waals surface area contributed by atoms with Gasteiger partial charge in [0, 0.05) is 20.6 Å². The molecule has 1 N–H and O–H groups in total. The first-order chi connectivity index (χ1) is 15.5. The average Bonchev–Trinajstić information content (AvgIpc) is 3.29. The number of hydrogen-bond donors (Lipinski definition) is 1. The van der Waals surface area contributed by atoms with E-state index in [9.17, 15) is 27.9 Å². The van der Waals surface area contributed by atoms with Crippen molar-refractivity contribution < 1.29 is 27.9 Å². The average molecular weight is 536 g/mol. The van der Waals surface area contributed by atoms with Crippen LogP contribution in [0.15, 0.2) is 64.0 Å². The van der Waals surface area contributed by atoms with Gasteiger partial charge in [0.05, 0.1) is 11.1 Å². The number of aliphatic hydroxyl groups is 1. The van der Waals surface area contributed by atoms with E-state index in [1.165, 1.54) is 11.3 Å². The monoisotopic (exact) mass is 535 g/mol. The molecule has 0 radical (unpaired) electrons. The molecular weight excluding hydrogens is 519 g/mol. The van der Waals surface area contributed by atoms with Crippen LogP contribution in [0.3, 0.4) is 0 Å². The first-order valence-corrected chi connectivity index (χ1v) is 11.5. The number of carbonyl (C=O) groups is 2. The zero-order valence-electron chi connectivity index (χ0n) is 17.4. The molecule has 1 saturated heterocycles. The standard InChI is InChI=1S/C24H17BrF3NO3S/c1-12-9-10-33-22(12)19-18(20(30)14-3-8-17(25)13(2)11-14)21(31)23(32)29(19)16-6-4-15(5-7-16)24(26,27)28/h3-11,19,30H,1-2H3/b20-18-. The lowest BCUT2D eigenvalue weighted by Crippen LogP contribution is -2.29. The summed E-state index contributed by atoms with van der Waals surface area (Å²) in [5.41, 5.74) is 1.14. The Morgan fingerprint density at radius 2 is 1.70 bits per heavy atom. The van der Waals surface area contributed by atoms with Gasteiger partial charge in [0.2, 0.25) is 0 Å². The largest absolute Gasteiger partial charge is 0.507 e. The summed E-state index contributed by atoms with van der Waals surface area (Å²) in [6.45, 7) is 3.63. The molecule has 1 atom stereocenters. The van der Waals surface area contributed by atoms with E-state index in [0.29, 0.717) is 10.4 Å². The van der Waals surface area contributed by atoms with E-state index in [0.717, 1.165) is 44.8 Å². The molecule has 1 amide bonds. The highest BCUT2D eigenvalue weighted by Crippen LogP contribution is 2.45. The van der Waals surface area contributed by atoms with Crippen LogP contribution in [0.25, 0.3) is 5.76 Å². The lowest BCUT2D eigenvalue weighted by atomic mass is 9.97. The fraction of sp³-hybridized carbons (Fsp3) is 0.167. The molecule has 1 aliphatic rings. The maximum absolute atomic E-state index is 13.1. The number of halogens is 4. The van der Waals surface area contributed by atoms with Crippen LogP contribution in [-0.4, -0.2) is 16.8 Å². The summed E-state index contributed by atoms with van der Waals surface area (Å²) in [6, 6.07) is 9.93. The van der Waals surface area contributed by atoms with Gasteiger partial charge in [-0.25, -0.2) is 0 Å². The van der Waals surface area contributed by atoms with E-state index in [4.69, 9.17) is 0 Å². The van der Waals surface area contributed by atoms with Crippen LogP contribution < -0.4 is 4.90 Å². The molecule has 4 nitrogen and oxygen atoms in total. The third-order valence-electron chi connectivity index (χ3n) is 5.50. The molecule has 2 aromatic carbocycles. The van der Waals surface area contributed by atoms with Gasteiger partial charge in [-0.05, 0) is 72.8 Å². The Morgan fingerprint density at radius 1 is 1.03 bits per heavy atom. The van der Waals surface area contributed by atoms with E-state index < -0.39 is 29.5 Å². The highest BCUT2D eigenvalue weighted by Gasteiger charge is 2.48. The number of rotatable bonds is 3.